The lowest BCUT2D eigenvalue weighted by atomic mass is 10.1. The largest absolute Gasteiger partial charge is 0.446 e. The third kappa shape index (κ3) is 3.88. The summed E-state index contributed by atoms with van der Waals surface area (Å²) in [6, 6.07) is 4.72. The molecule has 0 atom stereocenters. The highest BCUT2D eigenvalue weighted by Crippen LogP contribution is 2.31. The van der Waals surface area contributed by atoms with Crippen molar-refractivity contribution in [2.75, 3.05) is 0 Å². The van der Waals surface area contributed by atoms with Gasteiger partial charge in [0.25, 0.3) is 17.5 Å². The number of aromatic nitrogens is 1. The van der Waals surface area contributed by atoms with Crippen molar-refractivity contribution in [3.63, 3.8) is 0 Å². The molecule has 0 spiro atoms. The van der Waals surface area contributed by atoms with Crippen LogP contribution in [0.25, 0.3) is 0 Å². The highest BCUT2D eigenvalue weighted by atomic mass is 16.6. The van der Waals surface area contributed by atoms with Gasteiger partial charge in [0.05, 0.1) is 11.5 Å². The van der Waals surface area contributed by atoms with Crippen LogP contribution in [0.2, 0.25) is 0 Å². The number of nitrogens with zero attached hydrogens (tertiary/aromatic N) is 3. The fraction of sp³-hybridized carbons (Fsp3) is 0.421. The number of carbonyl (C=O) groups excluding carboxylic acids is 2. The topological polar surface area (TPSA) is 119 Å². The zero-order chi connectivity index (χ0) is 19.8. The number of carbonyl (C=O) groups is 2. The van der Waals surface area contributed by atoms with Crippen molar-refractivity contribution in [2.45, 2.75) is 51.2 Å². The van der Waals surface area contributed by atoms with Crippen LogP contribution >= 0.6 is 0 Å². The Morgan fingerprint density at radius 1 is 1.32 bits per heavy atom. The summed E-state index contributed by atoms with van der Waals surface area (Å²) < 4.78 is 5.39. The van der Waals surface area contributed by atoms with E-state index < -0.39 is 4.92 Å². The van der Waals surface area contributed by atoms with Crippen molar-refractivity contribution in [1.82, 2.24) is 15.2 Å². The van der Waals surface area contributed by atoms with Crippen LogP contribution in [0.15, 0.2) is 28.9 Å². The molecule has 1 heterocycles. The van der Waals surface area contributed by atoms with Crippen LogP contribution in [0, 0.1) is 17.0 Å². The first-order chi connectivity index (χ1) is 13.4. The normalized spacial score (nSPS) is 15.9. The second-order valence-corrected chi connectivity index (χ2v) is 7.30. The van der Waals surface area contributed by atoms with Crippen LogP contribution in [0.1, 0.15) is 58.0 Å². The van der Waals surface area contributed by atoms with Gasteiger partial charge in [-0.15, -0.1) is 0 Å². The summed E-state index contributed by atoms with van der Waals surface area (Å²) in [6.07, 6.45) is 4.95. The number of nitro benzene ring substituents is 1. The Morgan fingerprint density at radius 2 is 2.07 bits per heavy atom. The van der Waals surface area contributed by atoms with Gasteiger partial charge in [0.2, 0.25) is 5.89 Å². The summed E-state index contributed by atoms with van der Waals surface area (Å²) in [6.45, 7) is 1.74. The quantitative estimate of drug-likeness (QED) is 0.579. The first-order valence-electron chi connectivity index (χ1n) is 9.23. The second kappa shape index (κ2) is 7.06. The molecular formula is C19H20N4O5. The van der Waals surface area contributed by atoms with Gasteiger partial charge in [-0.25, -0.2) is 4.98 Å². The van der Waals surface area contributed by atoms with Crippen molar-refractivity contribution in [3.8, 4) is 0 Å². The SMILES string of the molecule is Cc1ccc(C(=O)N(Cc2nc(C(=O)NC3CC3)co2)C2CC2)cc1[N+](=O)[O-]. The highest BCUT2D eigenvalue weighted by Gasteiger charge is 2.35. The molecule has 0 bridgehead atoms. The summed E-state index contributed by atoms with van der Waals surface area (Å²) in [5, 5.41) is 14.0. The number of hydrogen-bond acceptors (Lipinski definition) is 6. The van der Waals surface area contributed by atoms with E-state index in [-0.39, 0.29) is 53.3 Å². The van der Waals surface area contributed by atoms with E-state index in [9.17, 15) is 19.7 Å². The van der Waals surface area contributed by atoms with E-state index in [0.717, 1.165) is 25.7 Å². The van der Waals surface area contributed by atoms with Crippen LogP contribution < -0.4 is 5.32 Å². The monoisotopic (exact) mass is 384 g/mol. The molecule has 9 heteroatoms. The van der Waals surface area contributed by atoms with E-state index in [0.29, 0.717) is 5.56 Å². The van der Waals surface area contributed by atoms with Crippen LogP contribution in [-0.4, -0.2) is 38.7 Å². The van der Waals surface area contributed by atoms with Crippen LogP contribution in [0.4, 0.5) is 5.69 Å². The summed E-state index contributed by atoms with van der Waals surface area (Å²) in [4.78, 5) is 41.5. The fourth-order valence-corrected chi connectivity index (χ4v) is 2.98. The molecule has 0 radical (unpaired) electrons. The number of benzene rings is 1. The van der Waals surface area contributed by atoms with Gasteiger partial charge in [-0.1, -0.05) is 6.07 Å². The summed E-state index contributed by atoms with van der Waals surface area (Å²) in [5.74, 6) is -0.327. The Kier molecular flexibility index (Phi) is 4.58. The maximum Gasteiger partial charge on any atom is 0.273 e. The third-order valence-corrected chi connectivity index (χ3v) is 4.90. The van der Waals surface area contributed by atoms with Crippen LogP contribution in [0.5, 0.6) is 0 Å². The summed E-state index contributed by atoms with van der Waals surface area (Å²) >= 11 is 0. The predicted octanol–water partition coefficient (Wildman–Crippen LogP) is 2.59. The van der Waals surface area contributed by atoms with Crippen molar-refractivity contribution in [2.24, 2.45) is 0 Å². The first-order valence-corrected chi connectivity index (χ1v) is 9.23. The molecule has 0 saturated heterocycles. The van der Waals surface area contributed by atoms with Gasteiger partial charge in [0.1, 0.15) is 6.26 Å². The lowest BCUT2D eigenvalue weighted by Crippen LogP contribution is -2.33. The van der Waals surface area contributed by atoms with Crippen molar-refractivity contribution in [3.05, 3.63) is 57.3 Å². The van der Waals surface area contributed by atoms with E-state index in [2.05, 4.69) is 10.3 Å². The molecule has 1 aromatic heterocycles. The Bertz CT molecular complexity index is 946. The Morgan fingerprint density at radius 3 is 2.71 bits per heavy atom. The molecule has 2 fully saturated rings. The molecule has 0 aliphatic heterocycles. The van der Waals surface area contributed by atoms with Crippen molar-refractivity contribution in [1.29, 1.82) is 0 Å². The van der Waals surface area contributed by atoms with E-state index in [1.807, 2.05) is 0 Å². The van der Waals surface area contributed by atoms with Gasteiger partial charge < -0.3 is 14.6 Å². The molecule has 0 unspecified atom stereocenters. The molecule has 2 aliphatic rings. The van der Waals surface area contributed by atoms with Crippen LogP contribution in [0.3, 0.4) is 0 Å². The zero-order valence-electron chi connectivity index (χ0n) is 15.4. The van der Waals surface area contributed by atoms with Crippen molar-refractivity contribution < 1.29 is 18.9 Å². The zero-order valence-corrected chi connectivity index (χ0v) is 15.4. The average Bonchev–Trinajstić information content (AvgIpc) is 3.60. The van der Waals surface area contributed by atoms with Gasteiger partial charge in [-0.05, 0) is 38.7 Å². The van der Waals surface area contributed by atoms with E-state index in [4.69, 9.17) is 4.42 Å². The molecule has 4 rings (SSSR count). The summed E-state index contributed by atoms with van der Waals surface area (Å²) in [5.41, 5.74) is 0.855. The molecule has 1 N–H and O–H groups in total. The first kappa shape index (κ1) is 18.1. The van der Waals surface area contributed by atoms with Gasteiger partial charge in [-0.3, -0.25) is 19.7 Å². The number of oxazole rings is 1. The van der Waals surface area contributed by atoms with E-state index in [1.165, 1.54) is 12.3 Å². The minimum atomic E-state index is -0.494. The fourth-order valence-electron chi connectivity index (χ4n) is 2.98. The molecule has 2 saturated carbocycles. The minimum absolute atomic E-state index is 0.0449. The number of hydrogen-bond donors (Lipinski definition) is 1. The van der Waals surface area contributed by atoms with Crippen molar-refractivity contribution >= 4 is 17.5 Å². The van der Waals surface area contributed by atoms with E-state index in [1.54, 1.807) is 24.0 Å². The third-order valence-electron chi connectivity index (χ3n) is 4.90. The second-order valence-electron chi connectivity index (χ2n) is 7.30. The molecule has 2 amide bonds. The van der Waals surface area contributed by atoms with Gasteiger partial charge in [0.15, 0.2) is 5.69 Å². The molecule has 2 aliphatic carbocycles. The van der Waals surface area contributed by atoms with E-state index >= 15 is 0 Å². The van der Waals surface area contributed by atoms with Gasteiger partial charge in [0, 0.05) is 29.3 Å². The summed E-state index contributed by atoms with van der Waals surface area (Å²) in [7, 11) is 0. The maximum atomic E-state index is 13.0. The maximum absolute atomic E-state index is 13.0. The van der Waals surface area contributed by atoms with Gasteiger partial charge in [-0.2, -0.15) is 0 Å². The molecule has 146 valence electrons. The molecule has 9 nitrogen and oxygen atoms in total. The minimum Gasteiger partial charge on any atom is -0.446 e. The molecular weight excluding hydrogens is 364 g/mol. The highest BCUT2D eigenvalue weighted by molar-refractivity contribution is 5.95. The number of aryl methyl sites for hydroxylation is 1. The van der Waals surface area contributed by atoms with Gasteiger partial charge >= 0.3 is 0 Å². The molecule has 2 aromatic rings. The Hall–Kier alpha value is -3.23. The lowest BCUT2D eigenvalue weighted by molar-refractivity contribution is -0.385. The Balaban J connectivity index is 1.51. The Labute approximate surface area is 160 Å². The number of nitrogens with one attached hydrogen (secondary N) is 1. The smallest absolute Gasteiger partial charge is 0.273 e. The van der Waals surface area contributed by atoms with Crippen LogP contribution in [-0.2, 0) is 6.54 Å². The number of amides is 2. The number of rotatable bonds is 7. The average molecular weight is 384 g/mol. The number of nitro groups is 1. The predicted molar refractivity (Wildman–Crippen MR) is 97.7 cm³/mol. The standard InChI is InChI=1S/C19H20N4O5/c1-11-2-3-12(8-16(11)23(26)27)19(25)22(14-6-7-14)9-17-21-15(10-28-17)18(24)20-13-4-5-13/h2-3,8,10,13-14H,4-7,9H2,1H3,(H,20,24). The molecule has 28 heavy (non-hydrogen) atoms. The molecule has 1 aromatic carbocycles. The lowest BCUT2D eigenvalue weighted by Gasteiger charge is -2.20.